The van der Waals surface area contributed by atoms with E-state index >= 15 is 0 Å². The molecule has 0 bridgehead atoms. The van der Waals surface area contributed by atoms with Gasteiger partial charge in [-0.05, 0) is 61.7 Å². The first-order valence-corrected chi connectivity index (χ1v) is 12.0. The Bertz CT molecular complexity index is 1470. The fourth-order valence-corrected chi connectivity index (χ4v) is 4.08. The Hall–Kier alpha value is -4.25. The minimum atomic E-state index is -4.59. The van der Waals surface area contributed by atoms with Crippen LogP contribution in [0.3, 0.4) is 0 Å². The Morgan fingerprint density at radius 2 is 2.00 bits per heavy atom. The second kappa shape index (κ2) is 10.3. The van der Waals surface area contributed by atoms with Crippen molar-refractivity contribution in [2.24, 2.45) is 0 Å². The number of nitrogens with one attached hydrogen (secondary N) is 2. The molecule has 0 atom stereocenters. The number of benzene rings is 2. The van der Waals surface area contributed by atoms with Crippen molar-refractivity contribution < 1.29 is 22.7 Å². The monoisotopic (exact) mass is 522 g/mol. The number of hydrogen-bond acceptors (Lipinski definition) is 6. The number of anilines is 1. The molecular weight excluding hydrogens is 497 g/mol. The van der Waals surface area contributed by atoms with E-state index in [1.807, 2.05) is 13.0 Å². The zero-order chi connectivity index (χ0) is 26.9. The van der Waals surface area contributed by atoms with Crippen LogP contribution < -0.4 is 15.4 Å². The van der Waals surface area contributed by atoms with Crippen LogP contribution in [0, 0.1) is 6.92 Å². The molecule has 0 unspecified atom stereocenters. The predicted molar refractivity (Wildman–Crippen MR) is 135 cm³/mol. The van der Waals surface area contributed by atoms with Crippen LogP contribution in [-0.4, -0.2) is 39.0 Å². The Morgan fingerprint density at radius 1 is 1.18 bits per heavy atom. The van der Waals surface area contributed by atoms with Gasteiger partial charge in [-0.1, -0.05) is 11.3 Å². The number of aromatic nitrogens is 4. The van der Waals surface area contributed by atoms with Crippen LogP contribution in [0.2, 0.25) is 0 Å². The standard InChI is InChI=1S/C27H25F3N6O2/c1-16-5-6-17(11-24(16)36-15-23(34-35-36)18-4-3-9-31-13-18)26(37)33-22-12-20(27(28,29)30)10-19(25(22)38-2)14-32-21-7-8-21/h3-6,9-13,15,21,32H,7-8,14H2,1-2H3,(H,33,37). The van der Waals surface area contributed by atoms with E-state index in [-0.39, 0.29) is 29.6 Å². The minimum Gasteiger partial charge on any atom is -0.494 e. The first-order chi connectivity index (χ1) is 18.2. The van der Waals surface area contributed by atoms with Gasteiger partial charge in [-0.25, -0.2) is 4.68 Å². The van der Waals surface area contributed by atoms with Crippen LogP contribution in [0.4, 0.5) is 18.9 Å². The number of carbonyl (C=O) groups excluding carboxylic acids is 1. The van der Waals surface area contributed by atoms with Crippen molar-refractivity contribution in [1.82, 2.24) is 25.3 Å². The summed E-state index contributed by atoms with van der Waals surface area (Å²) < 4.78 is 48.0. The van der Waals surface area contributed by atoms with E-state index in [0.717, 1.165) is 36.1 Å². The van der Waals surface area contributed by atoms with Gasteiger partial charge in [-0.2, -0.15) is 13.2 Å². The molecule has 1 fully saturated rings. The minimum absolute atomic E-state index is 0.0540. The lowest BCUT2D eigenvalue weighted by Gasteiger charge is -2.18. The lowest BCUT2D eigenvalue weighted by molar-refractivity contribution is -0.137. The molecule has 2 heterocycles. The second-order valence-corrected chi connectivity index (χ2v) is 9.11. The van der Waals surface area contributed by atoms with Crippen LogP contribution in [0.1, 0.15) is 39.9 Å². The number of pyridine rings is 1. The summed E-state index contributed by atoms with van der Waals surface area (Å²) in [6.45, 7) is 2.05. The lowest BCUT2D eigenvalue weighted by atomic mass is 10.1. The van der Waals surface area contributed by atoms with Gasteiger partial charge in [0, 0.05) is 41.7 Å². The van der Waals surface area contributed by atoms with Crippen molar-refractivity contribution in [1.29, 1.82) is 0 Å². The molecule has 1 aliphatic rings. The van der Waals surface area contributed by atoms with Gasteiger partial charge >= 0.3 is 6.18 Å². The zero-order valence-electron chi connectivity index (χ0n) is 20.7. The van der Waals surface area contributed by atoms with Crippen LogP contribution in [0.15, 0.2) is 61.1 Å². The molecule has 2 N–H and O–H groups in total. The van der Waals surface area contributed by atoms with E-state index in [4.69, 9.17) is 4.74 Å². The van der Waals surface area contributed by atoms with E-state index in [1.54, 1.807) is 47.5 Å². The van der Waals surface area contributed by atoms with Crippen molar-refractivity contribution in [3.8, 4) is 22.7 Å². The summed E-state index contributed by atoms with van der Waals surface area (Å²) in [6, 6.07) is 10.8. The number of halogens is 3. The number of amides is 1. The summed E-state index contributed by atoms with van der Waals surface area (Å²) in [7, 11) is 1.37. The molecule has 2 aromatic heterocycles. The molecule has 4 aromatic rings. The van der Waals surface area contributed by atoms with E-state index < -0.39 is 17.6 Å². The van der Waals surface area contributed by atoms with Gasteiger partial charge in [0.25, 0.3) is 5.91 Å². The molecule has 8 nitrogen and oxygen atoms in total. The summed E-state index contributed by atoms with van der Waals surface area (Å²) in [5, 5.41) is 14.2. The molecule has 196 valence electrons. The van der Waals surface area contributed by atoms with Crippen LogP contribution in [0.5, 0.6) is 5.75 Å². The molecule has 0 spiro atoms. The summed E-state index contributed by atoms with van der Waals surface area (Å²) in [4.78, 5) is 17.3. The third kappa shape index (κ3) is 5.52. The van der Waals surface area contributed by atoms with Crippen molar-refractivity contribution in [2.45, 2.75) is 38.5 Å². The molecule has 0 radical (unpaired) electrons. The average molecular weight is 523 g/mol. The number of ether oxygens (including phenoxy) is 1. The number of nitrogens with zero attached hydrogens (tertiary/aromatic N) is 4. The normalized spacial score (nSPS) is 13.4. The third-order valence-corrected chi connectivity index (χ3v) is 6.27. The number of carbonyl (C=O) groups is 1. The first-order valence-electron chi connectivity index (χ1n) is 12.0. The molecule has 2 aromatic carbocycles. The largest absolute Gasteiger partial charge is 0.494 e. The Kier molecular flexibility index (Phi) is 6.85. The maximum Gasteiger partial charge on any atom is 0.416 e. The van der Waals surface area contributed by atoms with Gasteiger partial charge in [0.15, 0.2) is 0 Å². The number of aryl methyl sites for hydroxylation is 1. The molecule has 1 saturated carbocycles. The van der Waals surface area contributed by atoms with Gasteiger partial charge in [0.2, 0.25) is 0 Å². The summed E-state index contributed by atoms with van der Waals surface area (Å²) >= 11 is 0. The van der Waals surface area contributed by atoms with E-state index in [2.05, 4.69) is 25.9 Å². The van der Waals surface area contributed by atoms with Crippen molar-refractivity contribution in [3.63, 3.8) is 0 Å². The second-order valence-electron chi connectivity index (χ2n) is 9.11. The van der Waals surface area contributed by atoms with Crippen molar-refractivity contribution >= 4 is 11.6 Å². The highest BCUT2D eigenvalue weighted by Gasteiger charge is 2.33. The first kappa shape index (κ1) is 25.4. The quantitative estimate of drug-likeness (QED) is 0.332. The van der Waals surface area contributed by atoms with E-state index in [1.165, 1.54) is 7.11 Å². The average Bonchev–Trinajstić information content (AvgIpc) is 3.61. The lowest BCUT2D eigenvalue weighted by Crippen LogP contribution is -2.19. The molecule has 38 heavy (non-hydrogen) atoms. The number of alkyl halides is 3. The highest BCUT2D eigenvalue weighted by atomic mass is 19.4. The Labute approximate surface area is 216 Å². The fraction of sp³-hybridized carbons (Fsp3) is 0.259. The van der Waals surface area contributed by atoms with Gasteiger partial charge in [0.05, 0.1) is 30.2 Å². The smallest absolute Gasteiger partial charge is 0.416 e. The highest BCUT2D eigenvalue weighted by molar-refractivity contribution is 6.05. The van der Waals surface area contributed by atoms with Crippen molar-refractivity contribution in [3.05, 3.63) is 83.3 Å². The van der Waals surface area contributed by atoms with E-state index in [9.17, 15) is 18.0 Å². The topological polar surface area (TPSA) is 94.0 Å². The maximum atomic E-state index is 13.7. The third-order valence-electron chi connectivity index (χ3n) is 6.27. The van der Waals surface area contributed by atoms with E-state index in [0.29, 0.717) is 16.9 Å². The van der Waals surface area contributed by atoms with Crippen LogP contribution in [0.25, 0.3) is 16.9 Å². The van der Waals surface area contributed by atoms with Crippen LogP contribution >= 0.6 is 0 Å². The Morgan fingerprint density at radius 3 is 2.68 bits per heavy atom. The summed E-state index contributed by atoms with van der Waals surface area (Å²) in [5.74, 6) is -0.401. The maximum absolute atomic E-state index is 13.7. The predicted octanol–water partition coefficient (Wildman–Crippen LogP) is 5.17. The SMILES string of the molecule is COc1c(CNC2CC2)cc(C(F)(F)F)cc1NC(=O)c1ccc(C)c(-n2cc(-c3cccnc3)nn2)c1. The molecule has 11 heteroatoms. The van der Waals surface area contributed by atoms with Gasteiger partial charge in [-0.3, -0.25) is 9.78 Å². The molecule has 1 amide bonds. The number of hydrogen-bond donors (Lipinski definition) is 2. The summed E-state index contributed by atoms with van der Waals surface area (Å²) in [5.41, 5.74) is 2.46. The van der Waals surface area contributed by atoms with Crippen LogP contribution in [-0.2, 0) is 12.7 Å². The molecule has 5 rings (SSSR count). The zero-order valence-corrected chi connectivity index (χ0v) is 20.7. The highest BCUT2D eigenvalue weighted by Crippen LogP contribution is 2.38. The molecule has 0 saturated heterocycles. The Balaban J connectivity index is 1.45. The molecular formula is C27H25F3N6O2. The van der Waals surface area contributed by atoms with Gasteiger partial charge in [0.1, 0.15) is 11.4 Å². The summed E-state index contributed by atoms with van der Waals surface area (Å²) in [6.07, 6.45) is 2.42. The molecule has 0 aliphatic heterocycles. The van der Waals surface area contributed by atoms with Gasteiger partial charge in [-0.15, -0.1) is 5.10 Å². The molecule has 1 aliphatic carbocycles. The number of methoxy groups -OCH3 is 1. The van der Waals surface area contributed by atoms with Crippen molar-refractivity contribution in [2.75, 3.05) is 12.4 Å². The fourth-order valence-electron chi connectivity index (χ4n) is 4.08. The van der Waals surface area contributed by atoms with Gasteiger partial charge < -0.3 is 15.4 Å². The number of rotatable bonds is 8.